The molecular weight excluding hydrogens is 230 g/mol. The van der Waals surface area contributed by atoms with Crippen LogP contribution in [0.2, 0.25) is 0 Å². The second-order valence-electron chi connectivity index (χ2n) is 5.45. The maximum atomic E-state index is 2.54. The van der Waals surface area contributed by atoms with Crippen molar-refractivity contribution < 1.29 is 0 Å². The third-order valence-electron chi connectivity index (χ3n) is 4.29. The van der Waals surface area contributed by atoms with Gasteiger partial charge in [-0.1, -0.05) is 48.5 Å². The smallest absolute Gasteiger partial charge is 0.0429 e. The molecule has 1 aliphatic heterocycles. The van der Waals surface area contributed by atoms with E-state index in [1.54, 1.807) is 0 Å². The van der Waals surface area contributed by atoms with E-state index in [2.05, 4.69) is 59.5 Å². The van der Waals surface area contributed by atoms with Crippen molar-refractivity contribution in [3.63, 3.8) is 0 Å². The van der Waals surface area contributed by atoms with Gasteiger partial charge in [0.05, 0.1) is 0 Å². The predicted molar refractivity (Wildman–Crippen MR) is 78.7 cm³/mol. The molecule has 2 aromatic carbocycles. The molecule has 0 aromatic heterocycles. The molecular formula is C18H17N. The van der Waals surface area contributed by atoms with Crippen LogP contribution in [0, 0.1) is 0 Å². The van der Waals surface area contributed by atoms with Gasteiger partial charge in [-0.05, 0) is 34.8 Å². The van der Waals surface area contributed by atoms with E-state index < -0.39 is 0 Å². The lowest BCUT2D eigenvalue weighted by molar-refractivity contribution is 0.320. The first-order chi connectivity index (χ1) is 9.40. The Morgan fingerprint density at radius 1 is 0.789 bits per heavy atom. The molecule has 0 N–H and O–H groups in total. The second-order valence-corrected chi connectivity index (χ2v) is 5.45. The number of hydrogen-bond acceptors (Lipinski definition) is 1. The first-order valence-electron chi connectivity index (χ1n) is 7.00. The third kappa shape index (κ3) is 1.86. The van der Waals surface area contributed by atoms with E-state index in [1.807, 2.05) is 0 Å². The second kappa shape index (κ2) is 4.27. The van der Waals surface area contributed by atoms with E-state index in [0.29, 0.717) is 0 Å². The standard InChI is InChI=1S/C18H17N/c1-4-8-17-13-19(10-9-14(17)5-1)18-11-15-6-2-3-7-16(15)12-18/h1-8,11H,9-10,12-13H2. The third-order valence-corrected chi connectivity index (χ3v) is 4.29. The number of allylic oxidation sites excluding steroid dienone is 1. The molecule has 0 unspecified atom stereocenters. The Balaban J connectivity index is 1.61. The summed E-state index contributed by atoms with van der Waals surface area (Å²) < 4.78 is 0. The summed E-state index contributed by atoms with van der Waals surface area (Å²) in [6.45, 7) is 2.22. The number of fused-ring (bicyclic) bond motifs is 2. The van der Waals surface area contributed by atoms with Gasteiger partial charge >= 0.3 is 0 Å². The van der Waals surface area contributed by atoms with Gasteiger partial charge < -0.3 is 4.90 Å². The van der Waals surface area contributed by atoms with Gasteiger partial charge in [-0.2, -0.15) is 0 Å². The molecule has 0 atom stereocenters. The van der Waals surface area contributed by atoms with E-state index in [9.17, 15) is 0 Å². The van der Waals surface area contributed by atoms with Crippen molar-refractivity contribution in [2.45, 2.75) is 19.4 Å². The van der Waals surface area contributed by atoms with Crippen LogP contribution in [0.4, 0.5) is 0 Å². The van der Waals surface area contributed by atoms with Gasteiger partial charge in [0.15, 0.2) is 0 Å². The van der Waals surface area contributed by atoms with Crippen molar-refractivity contribution in [3.05, 3.63) is 76.5 Å². The lowest BCUT2D eigenvalue weighted by Gasteiger charge is -2.31. The molecule has 1 nitrogen and oxygen atoms in total. The number of benzene rings is 2. The summed E-state index contributed by atoms with van der Waals surface area (Å²) in [5, 5.41) is 0. The van der Waals surface area contributed by atoms with Crippen LogP contribution in [0.1, 0.15) is 22.3 Å². The molecule has 0 amide bonds. The fraction of sp³-hybridized carbons (Fsp3) is 0.222. The topological polar surface area (TPSA) is 3.24 Å². The minimum Gasteiger partial charge on any atom is -0.370 e. The largest absolute Gasteiger partial charge is 0.370 e. The van der Waals surface area contributed by atoms with E-state index in [1.165, 1.54) is 34.4 Å². The predicted octanol–water partition coefficient (Wildman–Crippen LogP) is 3.64. The van der Waals surface area contributed by atoms with Crippen LogP contribution in [-0.4, -0.2) is 11.4 Å². The van der Waals surface area contributed by atoms with Crippen molar-refractivity contribution in [2.24, 2.45) is 0 Å². The first kappa shape index (κ1) is 10.9. The van der Waals surface area contributed by atoms with Gasteiger partial charge in [0.25, 0.3) is 0 Å². The van der Waals surface area contributed by atoms with Crippen molar-refractivity contribution in [1.29, 1.82) is 0 Å². The summed E-state index contributed by atoms with van der Waals surface area (Å²) in [5.41, 5.74) is 7.36. The van der Waals surface area contributed by atoms with Crippen molar-refractivity contribution in [2.75, 3.05) is 6.54 Å². The summed E-state index contributed by atoms with van der Waals surface area (Å²) in [7, 11) is 0. The zero-order chi connectivity index (χ0) is 12.7. The summed E-state index contributed by atoms with van der Waals surface area (Å²) in [5.74, 6) is 0. The van der Waals surface area contributed by atoms with Crippen LogP contribution in [-0.2, 0) is 19.4 Å². The number of rotatable bonds is 1. The number of hydrogen-bond donors (Lipinski definition) is 0. The maximum Gasteiger partial charge on any atom is 0.0429 e. The fourth-order valence-electron chi connectivity index (χ4n) is 3.21. The minimum atomic E-state index is 1.07. The highest BCUT2D eigenvalue weighted by Gasteiger charge is 2.21. The van der Waals surface area contributed by atoms with Crippen molar-refractivity contribution >= 4 is 6.08 Å². The highest BCUT2D eigenvalue weighted by molar-refractivity contribution is 5.63. The Morgan fingerprint density at radius 3 is 2.37 bits per heavy atom. The SMILES string of the molecule is C1=C(N2CCc3ccccc3C2)Cc2ccccc21. The zero-order valence-corrected chi connectivity index (χ0v) is 11.0. The Kier molecular flexibility index (Phi) is 2.44. The molecule has 2 aromatic rings. The van der Waals surface area contributed by atoms with Gasteiger partial charge in [-0.15, -0.1) is 0 Å². The van der Waals surface area contributed by atoms with Crippen LogP contribution in [0.15, 0.2) is 54.2 Å². The summed E-state index contributed by atoms with van der Waals surface area (Å²) >= 11 is 0. The van der Waals surface area contributed by atoms with Crippen molar-refractivity contribution in [1.82, 2.24) is 4.90 Å². The van der Waals surface area contributed by atoms with Crippen LogP contribution in [0.5, 0.6) is 0 Å². The van der Waals surface area contributed by atoms with Crippen molar-refractivity contribution in [3.8, 4) is 0 Å². The molecule has 1 aliphatic carbocycles. The molecule has 0 radical (unpaired) electrons. The van der Waals surface area contributed by atoms with E-state index in [0.717, 1.165) is 19.5 Å². The molecule has 2 aliphatic rings. The van der Waals surface area contributed by atoms with Gasteiger partial charge in [-0.25, -0.2) is 0 Å². The maximum absolute atomic E-state index is 2.54. The molecule has 4 rings (SSSR count). The van der Waals surface area contributed by atoms with E-state index in [-0.39, 0.29) is 0 Å². The summed E-state index contributed by atoms with van der Waals surface area (Å²) in [6.07, 6.45) is 4.63. The minimum absolute atomic E-state index is 1.07. The summed E-state index contributed by atoms with van der Waals surface area (Å²) in [4.78, 5) is 2.54. The fourth-order valence-corrected chi connectivity index (χ4v) is 3.21. The average molecular weight is 247 g/mol. The zero-order valence-electron chi connectivity index (χ0n) is 11.0. The van der Waals surface area contributed by atoms with Gasteiger partial charge in [0, 0.05) is 25.2 Å². The Labute approximate surface area is 114 Å². The highest BCUT2D eigenvalue weighted by Crippen LogP contribution is 2.30. The molecule has 19 heavy (non-hydrogen) atoms. The molecule has 0 spiro atoms. The first-order valence-corrected chi connectivity index (χ1v) is 7.00. The van der Waals surface area contributed by atoms with Crippen LogP contribution >= 0.6 is 0 Å². The Hall–Kier alpha value is -2.02. The van der Waals surface area contributed by atoms with Crippen LogP contribution in [0.25, 0.3) is 6.08 Å². The highest BCUT2D eigenvalue weighted by atomic mass is 15.1. The summed E-state index contributed by atoms with van der Waals surface area (Å²) in [6, 6.07) is 17.6. The molecule has 0 saturated carbocycles. The monoisotopic (exact) mass is 247 g/mol. The Morgan fingerprint density at radius 2 is 1.53 bits per heavy atom. The quantitative estimate of drug-likeness (QED) is 0.743. The molecule has 0 bridgehead atoms. The van der Waals surface area contributed by atoms with E-state index >= 15 is 0 Å². The molecule has 94 valence electrons. The lowest BCUT2D eigenvalue weighted by Crippen LogP contribution is -2.29. The average Bonchev–Trinajstić information content (AvgIpc) is 2.90. The number of nitrogens with zero attached hydrogens (tertiary/aromatic N) is 1. The van der Waals surface area contributed by atoms with Gasteiger partial charge in [-0.3, -0.25) is 0 Å². The van der Waals surface area contributed by atoms with Gasteiger partial charge in [0.2, 0.25) is 0 Å². The molecule has 1 heterocycles. The molecule has 0 saturated heterocycles. The van der Waals surface area contributed by atoms with Gasteiger partial charge in [0.1, 0.15) is 0 Å². The van der Waals surface area contributed by atoms with Crippen LogP contribution in [0.3, 0.4) is 0 Å². The normalized spacial score (nSPS) is 16.8. The molecule has 0 fully saturated rings. The Bertz CT molecular complexity index is 654. The van der Waals surface area contributed by atoms with E-state index in [4.69, 9.17) is 0 Å². The molecule has 1 heteroatoms. The van der Waals surface area contributed by atoms with Crippen LogP contribution < -0.4 is 0 Å². The lowest BCUT2D eigenvalue weighted by atomic mass is 9.99.